The van der Waals surface area contributed by atoms with Crippen LogP contribution in [0, 0.1) is 24.0 Å². The summed E-state index contributed by atoms with van der Waals surface area (Å²) in [5.41, 5.74) is 0.295. The second kappa shape index (κ2) is 4.96. The first-order valence-electron chi connectivity index (χ1n) is 5.77. The molecule has 0 unspecified atom stereocenters. The fourth-order valence-corrected chi connectivity index (χ4v) is 2.49. The van der Waals surface area contributed by atoms with Crippen molar-refractivity contribution in [2.45, 2.75) is 19.8 Å². The molecule has 0 saturated heterocycles. The summed E-state index contributed by atoms with van der Waals surface area (Å²) < 4.78 is 26.6. The zero-order valence-electron chi connectivity index (χ0n) is 10.0. The van der Waals surface area contributed by atoms with Gasteiger partial charge in [-0.1, -0.05) is 15.9 Å². The molecule has 0 aliphatic heterocycles. The molecule has 2 rings (SSSR count). The Morgan fingerprint density at radius 2 is 2.06 bits per heavy atom. The van der Waals surface area contributed by atoms with Crippen molar-refractivity contribution in [3.63, 3.8) is 0 Å². The zero-order chi connectivity index (χ0) is 13.3. The quantitative estimate of drug-likeness (QED) is 0.849. The molecule has 0 atom stereocenters. The zero-order valence-corrected chi connectivity index (χ0v) is 11.6. The van der Waals surface area contributed by atoms with Gasteiger partial charge >= 0.3 is 0 Å². The van der Waals surface area contributed by atoms with Crippen LogP contribution in [0.2, 0.25) is 0 Å². The van der Waals surface area contributed by atoms with Crippen molar-refractivity contribution < 1.29 is 13.6 Å². The van der Waals surface area contributed by atoms with E-state index in [1.54, 1.807) is 0 Å². The highest BCUT2D eigenvalue weighted by Crippen LogP contribution is 2.46. The maximum Gasteiger partial charge on any atom is 0.254 e. The van der Waals surface area contributed by atoms with Gasteiger partial charge in [0, 0.05) is 17.9 Å². The monoisotopic (exact) mass is 317 g/mol. The summed E-state index contributed by atoms with van der Waals surface area (Å²) in [6, 6.07) is 2.00. The standard InChI is InChI=1S/C13H14BrF2NO/c1-8-4-9(11(16)5-10(8)15)12(18)17-7-13(6-14)2-3-13/h4-5H,2-3,6-7H2,1H3,(H,17,18). The summed E-state index contributed by atoms with van der Waals surface area (Å²) >= 11 is 3.40. The summed E-state index contributed by atoms with van der Waals surface area (Å²) in [6.07, 6.45) is 2.12. The van der Waals surface area contributed by atoms with Gasteiger partial charge in [0.25, 0.3) is 5.91 Å². The normalized spacial score (nSPS) is 16.4. The molecule has 0 aromatic heterocycles. The van der Waals surface area contributed by atoms with Crippen molar-refractivity contribution in [2.75, 3.05) is 11.9 Å². The van der Waals surface area contributed by atoms with Crippen molar-refractivity contribution in [1.29, 1.82) is 0 Å². The summed E-state index contributed by atoms with van der Waals surface area (Å²) in [5, 5.41) is 3.53. The van der Waals surface area contributed by atoms with E-state index in [0.717, 1.165) is 24.2 Å². The molecule has 0 heterocycles. The number of alkyl halides is 1. The van der Waals surface area contributed by atoms with Crippen LogP contribution in [0.3, 0.4) is 0 Å². The lowest BCUT2D eigenvalue weighted by Crippen LogP contribution is -2.31. The minimum absolute atomic E-state index is 0.0979. The Bertz CT molecular complexity index is 486. The summed E-state index contributed by atoms with van der Waals surface area (Å²) in [5.74, 6) is -1.94. The Labute approximate surface area is 113 Å². The third-order valence-electron chi connectivity index (χ3n) is 3.36. The minimum atomic E-state index is -0.820. The molecule has 98 valence electrons. The Morgan fingerprint density at radius 3 is 2.61 bits per heavy atom. The number of benzene rings is 1. The van der Waals surface area contributed by atoms with Crippen LogP contribution in [0.4, 0.5) is 8.78 Å². The van der Waals surface area contributed by atoms with Gasteiger partial charge in [-0.25, -0.2) is 8.78 Å². The molecule has 0 radical (unpaired) electrons. The van der Waals surface area contributed by atoms with Crippen molar-refractivity contribution in [1.82, 2.24) is 5.32 Å². The number of carbonyl (C=O) groups is 1. The topological polar surface area (TPSA) is 29.1 Å². The Kier molecular flexibility index (Phi) is 3.71. The predicted octanol–water partition coefficient (Wildman–Crippen LogP) is 3.18. The van der Waals surface area contributed by atoms with Crippen LogP contribution in [0.5, 0.6) is 0 Å². The van der Waals surface area contributed by atoms with E-state index in [2.05, 4.69) is 21.2 Å². The van der Waals surface area contributed by atoms with E-state index in [-0.39, 0.29) is 16.5 Å². The van der Waals surface area contributed by atoms with E-state index in [1.165, 1.54) is 13.0 Å². The summed E-state index contributed by atoms with van der Waals surface area (Å²) in [7, 11) is 0. The lowest BCUT2D eigenvalue weighted by molar-refractivity contribution is 0.0942. The molecular formula is C13H14BrF2NO. The van der Waals surface area contributed by atoms with Gasteiger partial charge in [0.1, 0.15) is 11.6 Å². The second-order valence-corrected chi connectivity index (χ2v) is 5.46. The van der Waals surface area contributed by atoms with Gasteiger partial charge in [0.15, 0.2) is 0 Å². The molecule has 2 nitrogen and oxygen atoms in total. The van der Waals surface area contributed by atoms with E-state index in [1.807, 2.05) is 0 Å². The predicted molar refractivity (Wildman–Crippen MR) is 68.9 cm³/mol. The lowest BCUT2D eigenvalue weighted by Gasteiger charge is -2.13. The van der Waals surface area contributed by atoms with Gasteiger partial charge in [-0.15, -0.1) is 0 Å². The van der Waals surface area contributed by atoms with Crippen molar-refractivity contribution in [3.8, 4) is 0 Å². The van der Waals surface area contributed by atoms with Crippen LogP contribution in [0.1, 0.15) is 28.8 Å². The smallest absolute Gasteiger partial charge is 0.254 e. The van der Waals surface area contributed by atoms with Crippen molar-refractivity contribution in [2.24, 2.45) is 5.41 Å². The number of aryl methyl sites for hydroxylation is 1. The van der Waals surface area contributed by atoms with Gasteiger partial charge in [0.05, 0.1) is 5.56 Å². The van der Waals surface area contributed by atoms with Crippen LogP contribution in [-0.4, -0.2) is 17.8 Å². The maximum absolute atomic E-state index is 13.5. The number of hydrogen-bond donors (Lipinski definition) is 1. The van der Waals surface area contributed by atoms with Crippen molar-refractivity contribution in [3.05, 3.63) is 34.9 Å². The van der Waals surface area contributed by atoms with Gasteiger partial charge in [-0.3, -0.25) is 4.79 Å². The molecule has 1 amide bonds. The number of carbonyl (C=O) groups excluding carboxylic acids is 1. The SMILES string of the molecule is Cc1cc(C(=O)NCC2(CBr)CC2)c(F)cc1F. The van der Waals surface area contributed by atoms with Gasteiger partial charge in [0.2, 0.25) is 0 Å². The molecule has 1 saturated carbocycles. The first-order chi connectivity index (χ1) is 8.47. The fraction of sp³-hybridized carbons (Fsp3) is 0.462. The van der Waals surface area contributed by atoms with Gasteiger partial charge in [-0.2, -0.15) is 0 Å². The van der Waals surface area contributed by atoms with Crippen LogP contribution in [0.25, 0.3) is 0 Å². The Hall–Kier alpha value is -0.970. The molecule has 0 bridgehead atoms. The van der Waals surface area contributed by atoms with E-state index < -0.39 is 17.5 Å². The third-order valence-corrected chi connectivity index (χ3v) is 4.55. The number of amides is 1. The van der Waals surface area contributed by atoms with Crippen LogP contribution < -0.4 is 5.32 Å². The largest absolute Gasteiger partial charge is 0.351 e. The molecule has 5 heteroatoms. The number of halogens is 3. The van der Waals surface area contributed by atoms with Gasteiger partial charge < -0.3 is 5.32 Å². The summed E-state index contributed by atoms with van der Waals surface area (Å²) in [6.45, 7) is 2.03. The maximum atomic E-state index is 13.5. The Morgan fingerprint density at radius 1 is 1.39 bits per heavy atom. The first kappa shape index (κ1) is 13.5. The average Bonchev–Trinajstić information content (AvgIpc) is 3.11. The van der Waals surface area contributed by atoms with Crippen molar-refractivity contribution >= 4 is 21.8 Å². The molecule has 1 aromatic rings. The summed E-state index contributed by atoms with van der Waals surface area (Å²) in [4.78, 5) is 11.8. The highest BCUT2D eigenvalue weighted by Gasteiger charge is 2.41. The van der Waals surface area contributed by atoms with Crippen LogP contribution in [0.15, 0.2) is 12.1 Å². The molecular weight excluding hydrogens is 304 g/mol. The van der Waals surface area contributed by atoms with E-state index in [0.29, 0.717) is 6.54 Å². The second-order valence-electron chi connectivity index (χ2n) is 4.90. The van der Waals surface area contributed by atoms with E-state index >= 15 is 0 Å². The molecule has 1 aliphatic rings. The highest BCUT2D eigenvalue weighted by atomic mass is 79.9. The van der Waals surface area contributed by atoms with E-state index in [9.17, 15) is 13.6 Å². The van der Waals surface area contributed by atoms with E-state index in [4.69, 9.17) is 0 Å². The molecule has 18 heavy (non-hydrogen) atoms. The minimum Gasteiger partial charge on any atom is -0.351 e. The average molecular weight is 318 g/mol. The molecule has 1 N–H and O–H groups in total. The van der Waals surface area contributed by atoms with Gasteiger partial charge in [-0.05, 0) is 36.8 Å². The molecule has 1 aromatic carbocycles. The lowest BCUT2D eigenvalue weighted by atomic mass is 10.1. The Balaban J connectivity index is 2.07. The molecule has 1 aliphatic carbocycles. The number of hydrogen-bond acceptors (Lipinski definition) is 1. The fourth-order valence-electron chi connectivity index (χ4n) is 1.73. The molecule has 1 fully saturated rings. The first-order valence-corrected chi connectivity index (χ1v) is 6.89. The third kappa shape index (κ3) is 2.71. The molecule has 0 spiro atoms. The van der Waals surface area contributed by atoms with Crippen LogP contribution in [-0.2, 0) is 0 Å². The van der Waals surface area contributed by atoms with Crippen LogP contribution >= 0.6 is 15.9 Å². The number of rotatable bonds is 4. The number of nitrogens with one attached hydrogen (secondary N) is 1. The highest BCUT2D eigenvalue weighted by molar-refractivity contribution is 9.09.